The summed E-state index contributed by atoms with van der Waals surface area (Å²) in [5.41, 5.74) is 1.04. The second-order valence-electron chi connectivity index (χ2n) is 6.54. The second-order valence-corrected chi connectivity index (χ2v) is 6.54. The van der Waals surface area contributed by atoms with Crippen LogP contribution < -0.4 is 0 Å². The van der Waals surface area contributed by atoms with Gasteiger partial charge in [-0.25, -0.2) is 0 Å². The number of hydrogen-bond donors (Lipinski definition) is 1. The molecule has 0 aromatic heterocycles. The van der Waals surface area contributed by atoms with Crippen LogP contribution in [0.1, 0.15) is 57.6 Å². The molecule has 1 aromatic rings. The Bertz CT molecular complexity index is 370. The zero-order valence-electron chi connectivity index (χ0n) is 13.0. The van der Waals surface area contributed by atoms with Gasteiger partial charge in [0.25, 0.3) is 0 Å². The molecule has 2 heteroatoms. The van der Waals surface area contributed by atoms with Gasteiger partial charge in [0.15, 0.2) is 0 Å². The van der Waals surface area contributed by atoms with Crippen molar-refractivity contribution in [2.24, 2.45) is 5.92 Å². The van der Waals surface area contributed by atoms with E-state index in [1.165, 1.54) is 32.1 Å². The molecular formula is C18H29NO. The molecule has 0 bridgehead atoms. The Balaban J connectivity index is 1.95. The van der Waals surface area contributed by atoms with Crippen LogP contribution in [0.4, 0.5) is 0 Å². The van der Waals surface area contributed by atoms with Gasteiger partial charge in [0.05, 0.1) is 6.10 Å². The molecule has 1 aromatic carbocycles. The van der Waals surface area contributed by atoms with Gasteiger partial charge in [0.1, 0.15) is 0 Å². The van der Waals surface area contributed by atoms with Gasteiger partial charge in [-0.3, -0.25) is 4.90 Å². The first-order valence-electron chi connectivity index (χ1n) is 8.14. The standard InChI is InChI=1S/C18H29NO/c1-15(2)12-13-19(17-10-6-7-11-17)14-18(20)16-8-4-3-5-9-16/h3-5,8-9,15,17-18,20H,6-7,10-14H2,1-2H3. The molecule has 20 heavy (non-hydrogen) atoms. The Morgan fingerprint density at radius 1 is 1.15 bits per heavy atom. The topological polar surface area (TPSA) is 23.5 Å². The van der Waals surface area contributed by atoms with Crippen molar-refractivity contribution in [3.8, 4) is 0 Å². The van der Waals surface area contributed by atoms with Crippen LogP contribution >= 0.6 is 0 Å². The van der Waals surface area contributed by atoms with E-state index in [0.717, 1.165) is 24.6 Å². The van der Waals surface area contributed by atoms with Crippen LogP contribution in [0.25, 0.3) is 0 Å². The monoisotopic (exact) mass is 275 g/mol. The van der Waals surface area contributed by atoms with Crippen LogP contribution in [0.3, 0.4) is 0 Å². The fourth-order valence-corrected chi connectivity index (χ4v) is 3.12. The number of nitrogens with zero attached hydrogens (tertiary/aromatic N) is 1. The Morgan fingerprint density at radius 2 is 1.80 bits per heavy atom. The third kappa shape index (κ3) is 4.60. The molecule has 2 rings (SSSR count). The molecule has 0 aliphatic heterocycles. The van der Waals surface area contributed by atoms with E-state index in [-0.39, 0.29) is 6.10 Å². The summed E-state index contributed by atoms with van der Waals surface area (Å²) in [5.74, 6) is 0.729. The van der Waals surface area contributed by atoms with Gasteiger partial charge in [-0.1, -0.05) is 57.0 Å². The summed E-state index contributed by atoms with van der Waals surface area (Å²) >= 11 is 0. The van der Waals surface area contributed by atoms with Gasteiger partial charge in [0.2, 0.25) is 0 Å². The van der Waals surface area contributed by atoms with Crippen molar-refractivity contribution in [3.05, 3.63) is 35.9 Å². The average molecular weight is 275 g/mol. The van der Waals surface area contributed by atoms with Gasteiger partial charge in [-0.05, 0) is 37.3 Å². The molecule has 1 atom stereocenters. The molecule has 1 fully saturated rings. The van der Waals surface area contributed by atoms with Crippen LogP contribution in [0.2, 0.25) is 0 Å². The maximum Gasteiger partial charge on any atom is 0.0917 e. The van der Waals surface area contributed by atoms with Gasteiger partial charge in [-0.15, -0.1) is 0 Å². The lowest BCUT2D eigenvalue weighted by Crippen LogP contribution is -2.37. The van der Waals surface area contributed by atoms with Gasteiger partial charge in [-0.2, -0.15) is 0 Å². The maximum absolute atomic E-state index is 10.5. The molecule has 1 unspecified atom stereocenters. The number of aliphatic hydroxyl groups excluding tert-OH is 1. The summed E-state index contributed by atoms with van der Waals surface area (Å²) in [6, 6.07) is 10.8. The van der Waals surface area contributed by atoms with Crippen molar-refractivity contribution in [2.75, 3.05) is 13.1 Å². The zero-order chi connectivity index (χ0) is 14.4. The second kappa shape index (κ2) is 7.80. The van der Waals surface area contributed by atoms with Crippen molar-refractivity contribution in [1.82, 2.24) is 4.90 Å². The van der Waals surface area contributed by atoms with E-state index >= 15 is 0 Å². The highest BCUT2D eigenvalue weighted by Gasteiger charge is 2.24. The summed E-state index contributed by atoms with van der Waals surface area (Å²) in [5, 5.41) is 10.5. The summed E-state index contributed by atoms with van der Waals surface area (Å²) in [7, 11) is 0. The van der Waals surface area contributed by atoms with E-state index in [1.54, 1.807) is 0 Å². The van der Waals surface area contributed by atoms with Crippen molar-refractivity contribution in [2.45, 2.75) is 58.1 Å². The van der Waals surface area contributed by atoms with Crippen LogP contribution in [0, 0.1) is 5.92 Å². The van der Waals surface area contributed by atoms with Crippen molar-refractivity contribution >= 4 is 0 Å². The highest BCUT2D eigenvalue weighted by molar-refractivity contribution is 5.17. The van der Waals surface area contributed by atoms with Crippen LogP contribution in [0.5, 0.6) is 0 Å². The third-order valence-corrected chi connectivity index (χ3v) is 4.43. The van der Waals surface area contributed by atoms with Gasteiger partial charge in [0, 0.05) is 12.6 Å². The molecule has 0 radical (unpaired) electrons. The first-order chi connectivity index (χ1) is 9.66. The van der Waals surface area contributed by atoms with E-state index < -0.39 is 0 Å². The minimum absolute atomic E-state index is 0.357. The average Bonchev–Trinajstić information content (AvgIpc) is 2.98. The van der Waals surface area contributed by atoms with E-state index in [1.807, 2.05) is 30.3 Å². The highest BCUT2D eigenvalue weighted by Crippen LogP contribution is 2.26. The van der Waals surface area contributed by atoms with E-state index in [4.69, 9.17) is 0 Å². The molecule has 0 amide bonds. The molecule has 1 aliphatic rings. The van der Waals surface area contributed by atoms with E-state index in [2.05, 4.69) is 18.7 Å². The van der Waals surface area contributed by atoms with E-state index in [0.29, 0.717) is 6.04 Å². The number of rotatable bonds is 7. The predicted molar refractivity (Wildman–Crippen MR) is 84.7 cm³/mol. The molecule has 1 saturated carbocycles. The smallest absolute Gasteiger partial charge is 0.0917 e. The van der Waals surface area contributed by atoms with Crippen LogP contribution in [0.15, 0.2) is 30.3 Å². The number of aliphatic hydroxyl groups is 1. The van der Waals surface area contributed by atoms with Crippen molar-refractivity contribution in [1.29, 1.82) is 0 Å². The summed E-state index contributed by atoms with van der Waals surface area (Å²) in [6.07, 6.45) is 6.18. The zero-order valence-corrected chi connectivity index (χ0v) is 13.0. The minimum Gasteiger partial charge on any atom is -0.387 e. The first-order valence-corrected chi connectivity index (χ1v) is 8.14. The van der Waals surface area contributed by atoms with Crippen LogP contribution in [-0.4, -0.2) is 29.1 Å². The van der Waals surface area contributed by atoms with Crippen molar-refractivity contribution in [3.63, 3.8) is 0 Å². The fraction of sp³-hybridized carbons (Fsp3) is 0.667. The fourth-order valence-electron chi connectivity index (χ4n) is 3.12. The molecule has 1 aliphatic carbocycles. The number of hydrogen-bond acceptors (Lipinski definition) is 2. The third-order valence-electron chi connectivity index (χ3n) is 4.43. The lowest BCUT2D eigenvalue weighted by atomic mass is 10.1. The highest BCUT2D eigenvalue weighted by atomic mass is 16.3. The predicted octanol–water partition coefficient (Wildman–Crippen LogP) is 4.01. The molecule has 112 valence electrons. The lowest BCUT2D eigenvalue weighted by molar-refractivity contribution is 0.0843. The van der Waals surface area contributed by atoms with Gasteiger partial charge < -0.3 is 5.11 Å². The molecule has 0 heterocycles. The summed E-state index contributed by atoms with van der Waals surface area (Å²) in [4.78, 5) is 2.53. The maximum atomic E-state index is 10.5. The summed E-state index contributed by atoms with van der Waals surface area (Å²) in [6.45, 7) is 6.45. The Morgan fingerprint density at radius 3 is 2.40 bits per heavy atom. The number of benzene rings is 1. The molecule has 1 N–H and O–H groups in total. The Kier molecular flexibility index (Phi) is 6.06. The SMILES string of the molecule is CC(C)CCN(CC(O)c1ccccc1)C1CCCC1. The quantitative estimate of drug-likeness (QED) is 0.812. The lowest BCUT2D eigenvalue weighted by Gasteiger charge is -2.31. The van der Waals surface area contributed by atoms with Crippen molar-refractivity contribution < 1.29 is 5.11 Å². The molecule has 0 saturated heterocycles. The van der Waals surface area contributed by atoms with E-state index in [9.17, 15) is 5.11 Å². The molecule has 0 spiro atoms. The Hall–Kier alpha value is -0.860. The largest absolute Gasteiger partial charge is 0.387 e. The minimum atomic E-state index is -0.357. The normalized spacial score (nSPS) is 18.1. The molecule has 2 nitrogen and oxygen atoms in total. The van der Waals surface area contributed by atoms with Crippen LogP contribution in [-0.2, 0) is 0 Å². The Labute approximate surface area is 123 Å². The van der Waals surface area contributed by atoms with Gasteiger partial charge >= 0.3 is 0 Å². The summed E-state index contributed by atoms with van der Waals surface area (Å²) < 4.78 is 0. The molecular weight excluding hydrogens is 246 g/mol. The first kappa shape index (κ1) is 15.5.